The molecule has 3 aliphatic rings. The number of para-hydroxylation sites is 1. The molecule has 1 aromatic carbocycles. The van der Waals surface area contributed by atoms with Crippen LogP contribution in [0, 0.1) is 25.7 Å². The van der Waals surface area contributed by atoms with Gasteiger partial charge in [0.1, 0.15) is 17.6 Å². The van der Waals surface area contributed by atoms with Gasteiger partial charge in [-0.15, -0.1) is 13.2 Å². The Morgan fingerprint density at radius 3 is 2.54 bits per heavy atom. The van der Waals surface area contributed by atoms with Gasteiger partial charge in [0, 0.05) is 12.2 Å². The molecule has 0 aromatic heterocycles. The Morgan fingerprint density at radius 2 is 1.95 bits per heavy atom. The lowest BCUT2D eigenvalue weighted by Gasteiger charge is -2.39. The summed E-state index contributed by atoms with van der Waals surface area (Å²) in [6, 6.07) is 4.17. The van der Waals surface area contributed by atoms with Gasteiger partial charge in [-0.25, -0.2) is 0 Å². The average Bonchev–Trinajstić information content (AvgIpc) is 3.43. The number of aryl methyl sites for hydroxylation is 2. The number of ether oxygens (including phenoxy) is 2. The first kappa shape index (κ1) is 27.1. The van der Waals surface area contributed by atoms with Crippen LogP contribution in [0.25, 0.3) is 0 Å². The second-order valence-corrected chi connectivity index (χ2v) is 10.7. The molecule has 8 nitrogen and oxygen atoms in total. The van der Waals surface area contributed by atoms with Gasteiger partial charge in [-0.2, -0.15) is 0 Å². The predicted octanol–water partition coefficient (Wildman–Crippen LogP) is 3.09. The predicted molar refractivity (Wildman–Crippen MR) is 140 cm³/mol. The Balaban J connectivity index is 1.81. The molecule has 2 unspecified atom stereocenters. The van der Waals surface area contributed by atoms with E-state index in [4.69, 9.17) is 9.47 Å². The number of aliphatic hydroxyl groups is 1. The molecule has 37 heavy (non-hydrogen) atoms. The molecule has 3 aliphatic heterocycles. The second kappa shape index (κ2) is 10.1. The van der Waals surface area contributed by atoms with E-state index in [9.17, 15) is 19.5 Å². The van der Waals surface area contributed by atoms with E-state index in [0.29, 0.717) is 19.3 Å². The number of aliphatic hydroxyl groups excluding tert-OH is 1. The molecule has 3 heterocycles. The Labute approximate surface area is 218 Å². The van der Waals surface area contributed by atoms with Crippen molar-refractivity contribution < 1.29 is 29.0 Å². The summed E-state index contributed by atoms with van der Waals surface area (Å²) in [4.78, 5) is 45.0. The fourth-order valence-electron chi connectivity index (χ4n) is 6.70. The van der Waals surface area contributed by atoms with Crippen molar-refractivity contribution in [2.75, 3.05) is 24.7 Å². The molecule has 2 bridgehead atoms. The molecule has 4 rings (SSSR count). The van der Waals surface area contributed by atoms with Crippen molar-refractivity contribution in [1.82, 2.24) is 4.90 Å². The quantitative estimate of drug-likeness (QED) is 0.295. The zero-order chi connectivity index (χ0) is 27.1. The molecule has 6 atom stereocenters. The highest BCUT2D eigenvalue weighted by Crippen LogP contribution is 2.63. The third-order valence-corrected chi connectivity index (χ3v) is 8.29. The van der Waals surface area contributed by atoms with Crippen molar-refractivity contribution in [1.29, 1.82) is 0 Å². The van der Waals surface area contributed by atoms with E-state index in [1.54, 1.807) is 24.0 Å². The molecule has 3 saturated heterocycles. The molecule has 1 aromatic rings. The number of carbonyl (C=O) groups excluding carboxylic acids is 3. The summed E-state index contributed by atoms with van der Waals surface area (Å²) in [5.41, 5.74) is 0.492. The molecular weight excluding hydrogens is 472 g/mol. The van der Waals surface area contributed by atoms with Gasteiger partial charge in [0.15, 0.2) is 0 Å². The summed E-state index contributed by atoms with van der Waals surface area (Å²) in [7, 11) is 0. The normalized spacial score (nSPS) is 30.7. The maximum atomic E-state index is 14.5. The topological polar surface area (TPSA) is 96.4 Å². The number of carbonyl (C=O) groups is 3. The van der Waals surface area contributed by atoms with E-state index in [1.807, 2.05) is 39.0 Å². The third-order valence-electron chi connectivity index (χ3n) is 8.29. The maximum absolute atomic E-state index is 14.5. The van der Waals surface area contributed by atoms with Crippen LogP contribution in [0.5, 0.6) is 0 Å². The molecule has 0 radical (unpaired) electrons. The van der Waals surface area contributed by atoms with Crippen LogP contribution >= 0.6 is 0 Å². The zero-order valence-electron chi connectivity index (χ0n) is 22.2. The molecule has 1 N–H and O–H groups in total. The van der Waals surface area contributed by atoms with Gasteiger partial charge in [-0.1, -0.05) is 30.4 Å². The van der Waals surface area contributed by atoms with E-state index in [0.717, 1.165) is 16.8 Å². The molecule has 8 heteroatoms. The van der Waals surface area contributed by atoms with Gasteiger partial charge in [0.05, 0.1) is 30.8 Å². The SMILES string of the molecule is C=CCCOC(=O)[C@H]1[C@H]2C(=O)N([C@H](C)CO)C(C(=O)N(CC=C)c3c(C)cccc3C)C23CC[C@]1(C)O3. The number of amides is 2. The highest BCUT2D eigenvalue weighted by molar-refractivity contribution is 6.05. The average molecular weight is 511 g/mol. The Kier molecular flexibility index (Phi) is 7.36. The first-order valence-electron chi connectivity index (χ1n) is 13.0. The molecule has 0 aliphatic carbocycles. The number of hydrogen-bond acceptors (Lipinski definition) is 6. The Hall–Kier alpha value is -2.97. The summed E-state index contributed by atoms with van der Waals surface area (Å²) in [5, 5.41) is 10.1. The lowest BCUT2D eigenvalue weighted by molar-refractivity contribution is -0.160. The largest absolute Gasteiger partial charge is 0.465 e. The fraction of sp³-hybridized carbons (Fsp3) is 0.552. The number of fused-ring (bicyclic) bond motifs is 1. The van der Waals surface area contributed by atoms with Crippen molar-refractivity contribution in [3.63, 3.8) is 0 Å². The van der Waals surface area contributed by atoms with Gasteiger partial charge < -0.3 is 24.4 Å². The van der Waals surface area contributed by atoms with E-state index < -0.39 is 41.1 Å². The summed E-state index contributed by atoms with van der Waals surface area (Å²) < 4.78 is 12.1. The second-order valence-electron chi connectivity index (χ2n) is 10.7. The van der Waals surface area contributed by atoms with Crippen LogP contribution < -0.4 is 4.90 Å². The van der Waals surface area contributed by atoms with E-state index in [2.05, 4.69) is 13.2 Å². The monoisotopic (exact) mass is 510 g/mol. The Bertz CT molecular complexity index is 1100. The van der Waals surface area contributed by atoms with E-state index in [-0.39, 0.29) is 31.6 Å². The van der Waals surface area contributed by atoms with Gasteiger partial charge >= 0.3 is 5.97 Å². The molecule has 0 saturated carbocycles. The fourth-order valence-corrected chi connectivity index (χ4v) is 6.70. The van der Waals surface area contributed by atoms with Crippen molar-refractivity contribution in [3.8, 4) is 0 Å². The van der Waals surface area contributed by atoms with Crippen molar-refractivity contribution in [2.45, 2.75) is 70.2 Å². The number of likely N-dealkylation sites (tertiary alicyclic amines) is 1. The van der Waals surface area contributed by atoms with Crippen LogP contribution in [0.1, 0.15) is 44.2 Å². The molecular formula is C29H38N2O6. The lowest BCUT2D eigenvalue weighted by atomic mass is 9.66. The van der Waals surface area contributed by atoms with Crippen LogP contribution in [0.4, 0.5) is 5.69 Å². The van der Waals surface area contributed by atoms with Gasteiger partial charge in [0.2, 0.25) is 5.91 Å². The smallest absolute Gasteiger partial charge is 0.312 e. The maximum Gasteiger partial charge on any atom is 0.312 e. The molecule has 3 fully saturated rings. The standard InChI is InChI=1S/C29H38N2O6/c1-7-9-16-36-27(35)22-21-25(33)31(20(5)17-32)24(29(21)14-13-28(22,6)37-29)26(34)30(15-8-2)23-18(3)11-10-12-19(23)4/h7-8,10-12,20-22,24,32H,1-2,9,13-17H2,3-6H3/t20-,21+,22-,24?,28+,29?/m1/s1. The minimum Gasteiger partial charge on any atom is -0.465 e. The van der Waals surface area contributed by atoms with Crippen LogP contribution in [-0.4, -0.2) is 70.8 Å². The number of anilines is 1. The van der Waals surface area contributed by atoms with Crippen LogP contribution in [-0.2, 0) is 23.9 Å². The van der Waals surface area contributed by atoms with Crippen molar-refractivity contribution in [2.24, 2.45) is 11.8 Å². The van der Waals surface area contributed by atoms with Crippen molar-refractivity contribution >= 4 is 23.5 Å². The number of esters is 1. The van der Waals surface area contributed by atoms with Gasteiger partial charge in [-0.05, 0) is 58.1 Å². The number of hydrogen-bond donors (Lipinski definition) is 1. The molecule has 2 amide bonds. The van der Waals surface area contributed by atoms with Crippen LogP contribution in [0.3, 0.4) is 0 Å². The third kappa shape index (κ3) is 4.10. The first-order valence-corrected chi connectivity index (χ1v) is 13.0. The van der Waals surface area contributed by atoms with E-state index in [1.165, 1.54) is 4.90 Å². The first-order chi connectivity index (χ1) is 17.6. The highest BCUT2D eigenvalue weighted by atomic mass is 16.6. The number of rotatable bonds is 10. The number of benzene rings is 1. The summed E-state index contributed by atoms with van der Waals surface area (Å²) in [5.74, 6) is -2.86. The van der Waals surface area contributed by atoms with Crippen LogP contribution in [0.2, 0.25) is 0 Å². The summed E-state index contributed by atoms with van der Waals surface area (Å²) in [6.07, 6.45) is 4.80. The van der Waals surface area contributed by atoms with Gasteiger partial charge in [0.25, 0.3) is 5.91 Å². The molecule has 200 valence electrons. The van der Waals surface area contributed by atoms with E-state index >= 15 is 0 Å². The minimum atomic E-state index is -1.19. The zero-order valence-corrected chi connectivity index (χ0v) is 22.2. The van der Waals surface area contributed by atoms with Gasteiger partial charge in [-0.3, -0.25) is 14.4 Å². The summed E-state index contributed by atoms with van der Waals surface area (Å²) >= 11 is 0. The highest BCUT2D eigenvalue weighted by Gasteiger charge is 2.79. The number of nitrogens with zero attached hydrogens (tertiary/aromatic N) is 2. The molecule has 1 spiro atoms. The van der Waals surface area contributed by atoms with Crippen LogP contribution in [0.15, 0.2) is 43.5 Å². The lowest BCUT2D eigenvalue weighted by Crippen LogP contribution is -2.58. The van der Waals surface area contributed by atoms with Crippen molar-refractivity contribution in [3.05, 3.63) is 54.6 Å². The minimum absolute atomic E-state index is 0.168. The summed E-state index contributed by atoms with van der Waals surface area (Å²) in [6.45, 7) is 15.0. The Morgan fingerprint density at radius 1 is 1.27 bits per heavy atom.